The fraction of sp³-hybridized carbons (Fsp3) is 0.308. The molecule has 1 atom stereocenters. The molecule has 0 aliphatic carbocycles. The van der Waals surface area contributed by atoms with Crippen LogP contribution in [0.2, 0.25) is 0 Å². The molecule has 174 valence electrons. The molecule has 0 bridgehead atoms. The van der Waals surface area contributed by atoms with Gasteiger partial charge in [0.05, 0.1) is 19.1 Å². The van der Waals surface area contributed by atoms with Gasteiger partial charge in [-0.25, -0.2) is 9.97 Å². The highest BCUT2D eigenvalue weighted by molar-refractivity contribution is 6.09. The summed E-state index contributed by atoms with van der Waals surface area (Å²) in [7, 11) is 0. The summed E-state index contributed by atoms with van der Waals surface area (Å²) in [5.41, 5.74) is 3.36. The topological polar surface area (TPSA) is 89.9 Å². The van der Waals surface area contributed by atoms with Crippen LogP contribution in [0.1, 0.15) is 15.9 Å². The quantitative estimate of drug-likeness (QED) is 0.565. The monoisotopic (exact) mass is 457 g/mol. The van der Waals surface area contributed by atoms with E-state index in [0.29, 0.717) is 18.1 Å². The molecule has 1 fully saturated rings. The second kappa shape index (κ2) is 9.70. The van der Waals surface area contributed by atoms with E-state index >= 15 is 0 Å². The van der Waals surface area contributed by atoms with Gasteiger partial charge in [-0.2, -0.15) is 0 Å². The number of hydrogen-bond donors (Lipinski definition) is 1. The minimum Gasteiger partial charge on any atom is -0.390 e. The normalized spacial score (nSPS) is 17.6. The molecule has 2 aliphatic rings. The van der Waals surface area contributed by atoms with Gasteiger partial charge in [-0.15, -0.1) is 0 Å². The van der Waals surface area contributed by atoms with Crippen molar-refractivity contribution in [3.05, 3.63) is 78.1 Å². The van der Waals surface area contributed by atoms with Gasteiger partial charge in [-0.3, -0.25) is 19.4 Å². The summed E-state index contributed by atoms with van der Waals surface area (Å²) >= 11 is 0. The third kappa shape index (κ3) is 4.69. The Kier molecular flexibility index (Phi) is 6.33. The molecule has 1 unspecified atom stereocenters. The number of rotatable bonds is 6. The van der Waals surface area contributed by atoms with Crippen LogP contribution in [-0.4, -0.2) is 82.1 Å². The summed E-state index contributed by atoms with van der Waals surface area (Å²) in [6.07, 6.45) is 3.08. The Labute approximate surface area is 198 Å². The van der Waals surface area contributed by atoms with Crippen LogP contribution >= 0.6 is 0 Å². The number of aromatic nitrogens is 2. The van der Waals surface area contributed by atoms with E-state index in [2.05, 4.69) is 19.8 Å². The number of carbonyl (C=O) groups excluding carboxylic acids is 2. The molecular formula is C26H27N5O3. The molecule has 0 radical (unpaired) electrons. The van der Waals surface area contributed by atoms with Gasteiger partial charge >= 0.3 is 0 Å². The standard InChI is InChI=1S/C26H27N5O3/c32-22(18-31-24(33)14-20-8-4-5-9-23(20)25(31)34)17-29-10-12-30(13-11-29)26-27-15-21(16-28-26)19-6-2-1-3-7-19/h1-9,15-16,22,32H,10-14,17-18H2. The highest BCUT2D eigenvalue weighted by Gasteiger charge is 2.32. The van der Waals surface area contributed by atoms with Gasteiger partial charge in [0.15, 0.2) is 0 Å². The minimum absolute atomic E-state index is 0.0102. The molecule has 8 heteroatoms. The zero-order chi connectivity index (χ0) is 23.5. The number of nitrogens with zero attached hydrogens (tertiary/aromatic N) is 5. The number of carbonyl (C=O) groups is 2. The number of fused-ring (bicyclic) bond motifs is 1. The smallest absolute Gasteiger partial charge is 0.260 e. The summed E-state index contributed by atoms with van der Waals surface area (Å²) in [5, 5.41) is 10.6. The molecule has 2 aromatic carbocycles. The van der Waals surface area contributed by atoms with Crippen molar-refractivity contribution in [2.24, 2.45) is 0 Å². The Morgan fingerprint density at radius 1 is 0.824 bits per heavy atom. The molecule has 2 amide bonds. The minimum atomic E-state index is -0.800. The van der Waals surface area contributed by atoms with Crippen LogP contribution in [0.5, 0.6) is 0 Å². The molecule has 3 heterocycles. The van der Waals surface area contributed by atoms with Crippen molar-refractivity contribution in [1.82, 2.24) is 19.8 Å². The first-order chi connectivity index (χ1) is 16.6. The number of amides is 2. The van der Waals surface area contributed by atoms with Crippen molar-refractivity contribution in [3.8, 4) is 11.1 Å². The SMILES string of the molecule is O=C1Cc2ccccc2C(=O)N1CC(O)CN1CCN(c2ncc(-c3ccccc3)cn2)CC1. The molecule has 8 nitrogen and oxygen atoms in total. The molecule has 2 aliphatic heterocycles. The first kappa shape index (κ1) is 22.2. The Balaban J connectivity index is 1.13. The molecular weight excluding hydrogens is 430 g/mol. The van der Waals surface area contributed by atoms with Crippen LogP contribution in [0.4, 0.5) is 5.95 Å². The Hall–Kier alpha value is -3.62. The lowest BCUT2D eigenvalue weighted by atomic mass is 9.98. The zero-order valence-corrected chi connectivity index (χ0v) is 18.9. The highest BCUT2D eigenvalue weighted by Crippen LogP contribution is 2.21. The van der Waals surface area contributed by atoms with Gasteiger partial charge in [0.25, 0.3) is 5.91 Å². The first-order valence-electron chi connectivity index (χ1n) is 11.5. The molecule has 3 aromatic rings. The number of aliphatic hydroxyl groups is 1. The Morgan fingerprint density at radius 3 is 2.24 bits per heavy atom. The van der Waals surface area contributed by atoms with Crippen LogP contribution in [0.3, 0.4) is 0 Å². The zero-order valence-electron chi connectivity index (χ0n) is 18.9. The number of imide groups is 1. The van der Waals surface area contributed by atoms with Crippen LogP contribution in [0.25, 0.3) is 11.1 Å². The van der Waals surface area contributed by atoms with Gasteiger partial charge in [-0.05, 0) is 17.2 Å². The third-order valence-corrected chi connectivity index (χ3v) is 6.40. The number of benzene rings is 2. The van der Waals surface area contributed by atoms with Crippen LogP contribution in [0.15, 0.2) is 67.0 Å². The summed E-state index contributed by atoms with van der Waals surface area (Å²) in [4.78, 5) is 39.7. The molecule has 5 rings (SSSR count). The molecule has 1 N–H and O–H groups in total. The fourth-order valence-electron chi connectivity index (χ4n) is 4.55. The lowest BCUT2D eigenvalue weighted by molar-refractivity contribution is -0.129. The van der Waals surface area contributed by atoms with Crippen LogP contribution in [0, 0.1) is 0 Å². The molecule has 34 heavy (non-hydrogen) atoms. The summed E-state index contributed by atoms with van der Waals surface area (Å²) in [6, 6.07) is 17.2. The van der Waals surface area contributed by atoms with Gasteiger partial charge in [-0.1, -0.05) is 48.5 Å². The van der Waals surface area contributed by atoms with Crippen molar-refractivity contribution in [2.75, 3.05) is 44.2 Å². The molecule has 1 saturated heterocycles. The molecule has 0 saturated carbocycles. The Morgan fingerprint density at radius 2 is 1.50 bits per heavy atom. The van der Waals surface area contributed by atoms with E-state index in [1.54, 1.807) is 18.2 Å². The fourth-order valence-corrected chi connectivity index (χ4v) is 4.55. The van der Waals surface area contributed by atoms with Crippen molar-refractivity contribution < 1.29 is 14.7 Å². The molecule has 1 aromatic heterocycles. The second-order valence-electron chi connectivity index (χ2n) is 8.72. The van der Waals surface area contributed by atoms with Crippen molar-refractivity contribution in [1.29, 1.82) is 0 Å². The number of anilines is 1. The lowest BCUT2D eigenvalue weighted by Gasteiger charge is -2.36. The summed E-state index contributed by atoms with van der Waals surface area (Å²) in [5.74, 6) is 0.110. The van der Waals surface area contributed by atoms with Gasteiger partial charge in [0.1, 0.15) is 0 Å². The number of piperazine rings is 1. The largest absolute Gasteiger partial charge is 0.390 e. The maximum Gasteiger partial charge on any atom is 0.260 e. The highest BCUT2D eigenvalue weighted by atomic mass is 16.3. The van der Waals surface area contributed by atoms with E-state index in [9.17, 15) is 14.7 Å². The maximum absolute atomic E-state index is 12.7. The van der Waals surface area contributed by atoms with Gasteiger partial charge < -0.3 is 10.0 Å². The van der Waals surface area contributed by atoms with Crippen molar-refractivity contribution in [3.63, 3.8) is 0 Å². The third-order valence-electron chi connectivity index (χ3n) is 6.40. The van der Waals surface area contributed by atoms with Gasteiger partial charge in [0, 0.05) is 56.2 Å². The van der Waals surface area contributed by atoms with Crippen LogP contribution < -0.4 is 4.90 Å². The van der Waals surface area contributed by atoms with E-state index < -0.39 is 6.10 Å². The van der Waals surface area contributed by atoms with E-state index in [4.69, 9.17) is 0 Å². The predicted octanol–water partition coefficient (Wildman–Crippen LogP) is 1.85. The van der Waals surface area contributed by atoms with E-state index in [0.717, 1.165) is 42.9 Å². The Bertz CT molecular complexity index is 1160. The van der Waals surface area contributed by atoms with E-state index in [1.807, 2.05) is 48.8 Å². The number of β-amino-alcohol motifs (C(OH)–C–C–N with tert-alkyl or cyclic N) is 1. The maximum atomic E-state index is 12.7. The average molecular weight is 458 g/mol. The summed E-state index contributed by atoms with van der Waals surface area (Å²) < 4.78 is 0. The van der Waals surface area contributed by atoms with E-state index in [1.165, 1.54) is 4.90 Å². The predicted molar refractivity (Wildman–Crippen MR) is 128 cm³/mol. The van der Waals surface area contributed by atoms with Crippen molar-refractivity contribution in [2.45, 2.75) is 12.5 Å². The summed E-state index contributed by atoms with van der Waals surface area (Å²) in [6.45, 7) is 3.38. The lowest BCUT2D eigenvalue weighted by Crippen LogP contribution is -2.52. The number of aliphatic hydroxyl groups excluding tert-OH is 1. The first-order valence-corrected chi connectivity index (χ1v) is 11.5. The molecule has 0 spiro atoms. The van der Waals surface area contributed by atoms with Gasteiger partial charge in [0.2, 0.25) is 11.9 Å². The average Bonchev–Trinajstić information content (AvgIpc) is 2.88. The second-order valence-corrected chi connectivity index (χ2v) is 8.72. The van der Waals surface area contributed by atoms with Crippen molar-refractivity contribution >= 4 is 17.8 Å². The number of hydrogen-bond acceptors (Lipinski definition) is 7. The van der Waals surface area contributed by atoms with E-state index in [-0.39, 0.29) is 24.8 Å². The van der Waals surface area contributed by atoms with Crippen LogP contribution in [-0.2, 0) is 11.2 Å².